The van der Waals surface area contributed by atoms with Gasteiger partial charge in [0.1, 0.15) is 30.5 Å². The number of ether oxygens (including phenoxy) is 2. The molecule has 1 heterocycles. The Balaban J connectivity index is 1.45. The van der Waals surface area contributed by atoms with E-state index in [1.165, 1.54) is 0 Å². The second-order valence-corrected chi connectivity index (χ2v) is 7.31. The summed E-state index contributed by atoms with van der Waals surface area (Å²) < 4.78 is 39.7. The Kier molecular flexibility index (Phi) is 6.83. The lowest BCUT2D eigenvalue weighted by Crippen LogP contribution is -2.29. The highest BCUT2D eigenvalue weighted by atomic mass is 19.3. The van der Waals surface area contributed by atoms with Crippen molar-refractivity contribution in [2.75, 3.05) is 13.2 Å². The first-order valence-corrected chi connectivity index (χ1v) is 10.5. The van der Waals surface area contributed by atoms with E-state index >= 15 is 0 Å². The number of alkyl halides is 2. The van der Waals surface area contributed by atoms with Crippen LogP contribution in [0, 0.1) is 0 Å². The van der Waals surface area contributed by atoms with Crippen LogP contribution in [-0.2, 0) is 0 Å². The molecule has 4 rings (SSSR count). The van der Waals surface area contributed by atoms with Gasteiger partial charge in [0.15, 0.2) is 0 Å². The number of aromatic nitrogens is 2. The van der Waals surface area contributed by atoms with Crippen LogP contribution in [0.4, 0.5) is 8.78 Å². The summed E-state index contributed by atoms with van der Waals surface area (Å²) in [6.45, 7) is -0.633. The number of imidazole rings is 1. The van der Waals surface area contributed by atoms with Crippen molar-refractivity contribution < 1.29 is 23.0 Å². The Morgan fingerprint density at radius 1 is 0.939 bits per heavy atom. The van der Waals surface area contributed by atoms with Crippen molar-refractivity contribution in [3.63, 3.8) is 0 Å². The highest BCUT2D eigenvalue weighted by Crippen LogP contribution is 2.27. The number of fused-ring (bicyclic) bond motifs is 1. The predicted molar refractivity (Wildman–Crippen MR) is 121 cm³/mol. The molecule has 0 saturated carbocycles. The van der Waals surface area contributed by atoms with Gasteiger partial charge in [-0.2, -0.15) is 8.78 Å². The van der Waals surface area contributed by atoms with Crippen LogP contribution in [0.5, 0.6) is 11.5 Å². The SMILES string of the molecule is CC(NC(=O)c1ccccc1OCCOc1ccccc1)c1nc2ccccc2n1C(F)F. The van der Waals surface area contributed by atoms with Crippen LogP contribution in [0.1, 0.15) is 35.7 Å². The van der Waals surface area contributed by atoms with Crippen molar-refractivity contribution in [2.45, 2.75) is 19.5 Å². The molecule has 1 amide bonds. The molecule has 0 spiro atoms. The number of hydrogen-bond acceptors (Lipinski definition) is 4. The van der Waals surface area contributed by atoms with Gasteiger partial charge < -0.3 is 14.8 Å². The van der Waals surface area contributed by atoms with Crippen molar-refractivity contribution in [1.29, 1.82) is 0 Å². The third-order valence-electron chi connectivity index (χ3n) is 5.04. The third-order valence-corrected chi connectivity index (χ3v) is 5.04. The lowest BCUT2D eigenvalue weighted by atomic mass is 10.1. The van der Waals surface area contributed by atoms with E-state index in [-0.39, 0.29) is 12.4 Å². The number of carbonyl (C=O) groups is 1. The fraction of sp³-hybridized carbons (Fsp3) is 0.200. The lowest BCUT2D eigenvalue weighted by Gasteiger charge is -2.17. The fourth-order valence-electron chi connectivity index (χ4n) is 3.52. The summed E-state index contributed by atoms with van der Waals surface area (Å²) in [4.78, 5) is 17.3. The van der Waals surface area contributed by atoms with E-state index in [4.69, 9.17) is 9.47 Å². The molecule has 0 fully saturated rings. The summed E-state index contributed by atoms with van der Waals surface area (Å²) in [5, 5.41) is 2.76. The van der Waals surface area contributed by atoms with E-state index < -0.39 is 18.5 Å². The van der Waals surface area contributed by atoms with Crippen LogP contribution >= 0.6 is 0 Å². The normalized spacial score (nSPS) is 12.0. The van der Waals surface area contributed by atoms with Gasteiger partial charge in [-0.1, -0.05) is 42.5 Å². The first-order valence-electron chi connectivity index (χ1n) is 10.5. The first-order chi connectivity index (χ1) is 16.0. The van der Waals surface area contributed by atoms with Crippen molar-refractivity contribution >= 4 is 16.9 Å². The monoisotopic (exact) mass is 451 g/mol. The van der Waals surface area contributed by atoms with Crippen LogP contribution in [0.3, 0.4) is 0 Å². The van der Waals surface area contributed by atoms with Gasteiger partial charge in [-0.05, 0) is 43.3 Å². The third kappa shape index (κ3) is 5.11. The zero-order valence-corrected chi connectivity index (χ0v) is 17.9. The average Bonchev–Trinajstić information content (AvgIpc) is 3.23. The topological polar surface area (TPSA) is 65.4 Å². The van der Waals surface area contributed by atoms with Crippen molar-refractivity contribution in [2.24, 2.45) is 0 Å². The van der Waals surface area contributed by atoms with Crippen molar-refractivity contribution in [3.05, 3.63) is 90.3 Å². The summed E-state index contributed by atoms with van der Waals surface area (Å²) in [5.41, 5.74) is 1.05. The number of amides is 1. The molecule has 0 radical (unpaired) electrons. The van der Waals surface area contributed by atoms with Crippen LogP contribution in [0.25, 0.3) is 11.0 Å². The van der Waals surface area contributed by atoms with Gasteiger partial charge in [0.2, 0.25) is 0 Å². The Hall–Kier alpha value is -3.94. The lowest BCUT2D eigenvalue weighted by molar-refractivity contribution is 0.0687. The molecule has 3 aromatic carbocycles. The van der Waals surface area contributed by atoms with Gasteiger partial charge in [-0.15, -0.1) is 0 Å². The number of carbonyl (C=O) groups excluding carboxylic acids is 1. The highest BCUT2D eigenvalue weighted by Gasteiger charge is 2.24. The molecule has 0 saturated heterocycles. The quantitative estimate of drug-likeness (QED) is 0.347. The highest BCUT2D eigenvalue weighted by molar-refractivity contribution is 5.97. The molecule has 170 valence electrons. The number of nitrogens with zero attached hydrogens (tertiary/aromatic N) is 2. The largest absolute Gasteiger partial charge is 0.490 e. The van der Waals surface area contributed by atoms with Crippen LogP contribution < -0.4 is 14.8 Å². The maximum Gasteiger partial charge on any atom is 0.320 e. The van der Waals surface area contributed by atoms with Crippen LogP contribution in [-0.4, -0.2) is 28.7 Å². The molecule has 8 heteroatoms. The van der Waals surface area contributed by atoms with Gasteiger partial charge in [0.25, 0.3) is 5.91 Å². The van der Waals surface area contributed by atoms with Gasteiger partial charge >= 0.3 is 6.55 Å². The number of benzene rings is 3. The minimum atomic E-state index is -2.79. The van der Waals surface area contributed by atoms with Gasteiger partial charge in [0.05, 0.1) is 22.6 Å². The standard InChI is InChI=1S/C25H23F2N3O3/c1-17(23-29-20-12-6-7-13-21(20)30(23)25(26)27)28-24(31)19-11-5-8-14-22(19)33-16-15-32-18-9-3-2-4-10-18/h2-14,17,25H,15-16H2,1H3,(H,28,31). The summed E-state index contributed by atoms with van der Waals surface area (Å²) in [7, 11) is 0. The summed E-state index contributed by atoms with van der Waals surface area (Å²) in [6, 6.07) is 22.0. The summed E-state index contributed by atoms with van der Waals surface area (Å²) in [6.07, 6.45) is 0. The summed E-state index contributed by atoms with van der Waals surface area (Å²) >= 11 is 0. The molecule has 1 N–H and O–H groups in total. The minimum Gasteiger partial charge on any atom is -0.490 e. The molecule has 1 atom stereocenters. The number of para-hydroxylation sites is 4. The van der Waals surface area contributed by atoms with Crippen molar-refractivity contribution in [1.82, 2.24) is 14.9 Å². The average molecular weight is 451 g/mol. The Labute approximate surface area is 189 Å². The molecule has 0 aliphatic rings. The Bertz CT molecular complexity index is 1230. The van der Waals surface area contributed by atoms with E-state index in [1.807, 2.05) is 30.3 Å². The fourth-order valence-corrected chi connectivity index (χ4v) is 3.52. The molecular weight excluding hydrogens is 428 g/mol. The van der Waals surface area contributed by atoms with Gasteiger partial charge in [-0.25, -0.2) is 4.98 Å². The molecule has 1 unspecified atom stereocenters. The van der Waals surface area contributed by atoms with Crippen molar-refractivity contribution in [3.8, 4) is 11.5 Å². The van der Waals surface area contributed by atoms with Crippen LogP contribution in [0.2, 0.25) is 0 Å². The molecule has 4 aromatic rings. The molecule has 6 nitrogen and oxygen atoms in total. The van der Waals surface area contributed by atoms with Gasteiger partial charge in [-0.3, -0.25) is 9.36 Å². The number of halogens is 2. The van der Waals surface area contributed by atoms with E-state index in [2.05, 4.69) is 10.3 Å². The van der Waals surface area contributed by atoms with E-state index in [1.54, 1.807) is 55.5 Å². The zero-order valence-electron chi connectivity index (χ0n) is 17.9. The first kappa shape index (κ1) is 22.3. The Morgan fingerprint density at radius 3 is 2.39 bits per heavy atom. The van der Waals surface area contributed by atoms with E-state index in [0.717, 1.165) is 10.3 Å². The molecule has 0 aliphatic carbocycles. The van der Waals surface area contributed by atoms with Gasteiger partial charge in [0, 0.05) is 0 Å². The molecule has 0 bridgehead atoms. The number of nitrogens with one attached hydrogen (secondary N) is 1. The second-order valence-electron chi connectivity index (χ2n) is 7.31. The zero-order chi connectivity index (χ0) is 23.2. The second kappa shape index (κ2) is 10.1. The number of rotatable bonds is 9. The predicted octanol–water partition coefficient (Wildman–Crippen LogP) is 5.38. The maximum absolute atomic E-state index is 13.7. The number of hydrogen-bond donors (Lipinski definition) is 1. The van der Waals surface area contributed by atoms with Crippen LogP contribution in [0.15, 0.2) is 78.9 Å². The maximum atomic E-state index is 13.7. The molecule has 0 aliphatic heterocycles. The minimum absolute atomic E-state index is 0.0780. The molecule has 33 heavy (non-hydrogen) atoms. The van der Waals surface area contributed by atoms with E-state index in [0.29, 0.717) is 29.0 Å². The van der Waals surface area contributed by atoms with E-state index in [9.17, 15) is 13.6 Å². The smallest absolute Gasteiger partial charge is 0.320 e. The summed E-state index contributed by atoms with van der Waals surface area (Å²) in [5.74, 6) is 0.730. The molecular formula is C25H23F2N3O3. The Morgan fingerprint density at radius 2 is 1.61 bits per heavy atom. The molecule has 1 aromatic heterocycles.